The van der Waals surface area contributed by atoms with Gasteiger partial charge in [0, 0.05) is 24.6 Å². The third kappa shape index (κ3) is 2.60. The molecular weight excluding hydrogens is 260 g/mol. The van der Waals surface area contributed by atoms with E-state index in [0.29, 0.717) is 11.3 Å². The first-order valence-corrected chi connectivity index (χ1v) is 8.58. The molecule has 0 unspecified atom stereocenters. The Morgan fingerprint density at radius 1 is 1.05 bits per heavy atom. The lowest BCUT2D eigenvalue weighted by Crippen LogP contribution is -2.19. The molecule has 0 aromatic carbocycles. The Bertz CT molecular complexity index is 542. The van der Waals surface area contributed by atoms with Crippen molar-refractivity contribution in [1.82, 2.24) is 9.97 Å². The number of nitrogens with one attached hydrogen (secondary N) is 2. The Balaban J connectivity index is 1.54. The Labute approximate surface area is 127 Å². The molecule has 114 valence electrons. The van der Waals surface area contributed by atoms with E-state index in [0.717, 1.165) is 36.5 Å². The van der Waals surface area contributed by atoms with Crippen molar-refractivity contribution in [1.29, 1.82) is 0 Å². The monoisotopic (exact) mass is 286 g/mol. The fourth-order valence-electron chi connectivity index (χ4n) is 3.42. The van der Waals surface area contributed by atoms with Crippen LogP contribution in [-0.2, 0) is 0 Å². The zero-order chi connectivity index (χ0) is 14.4. The molecule has 0 radical (unpaired) electrons. The minimum absolute atomic E-state index is 0.599. The van der Waals surface area contributed by atoms with Gasteiger partial charge in [0.1, 0.15) is 17.5 Å². The summed E-state index contributed by atoms with van der Waals surface area (Å²) in [6.07, 6.45) is 8.20. The molecule has 3 aliphatic rings. The first-order valence-electron chi connectivity index (χ1n) is 8.58. The topological polar surface area (TPSA) is 49.8 Å². The van der Waals surface area contributed by atoms with Crippen LogP contribution in [0.2, 0.25) is 0 Å². The van der Waals surface area contributed by atoms with E-state index in [-0.39, 0.29) is 0 Å². The summed E-state index contributed by atoms with van der Waals surface area (Å²) < 4.78 is 0. The highest BCUT2D eigenvalue weighted by molar-refractivity contribution is 5.57. The van der Waals surface area contributed by atoms with Crippen molar-refractivity contribution < 1.29 is 0 Å². The van der Waals surface area contributed by atoms with Crippen LogP contribution in [0.25, 0.3) is 0 Å². The summed E-state index contributed by atoms with van der Waals surface area (Å²) in [7, 11) is 0. The number of hydrogen-bond donors (Lipinski definition) is 2. The zero-order valence-corrected chi connectivity index (χ0v) is 13.2. The Hall–Kier alpha value is -1.32. The van der Waals surface area contributed by atoms with Crippen molar-refractivity contribution in [2.24, 2.45) is 11.3 Å². The summed E-state index contributed by atoms with van der Waals surface area (Å²) in [4.78, 5) is 9.56. The number of aromatic nitrogens is 2. The molecule has 3 aliphatic carbocycles. The van der Waals surface area contributed by atoms with Crippen LogP contribution >= 0.6 is 0 Å². The van der Waals surface area contributed by atoms with Crippen LogP contribution in [0.15, 0.2) is 0 Å². The molecule has 0 amide bonds. The van der Waals surface area contributed by atoms with E-state index in [1.54, 1.807) is 0 Å². The van der Waals surface area contributed by atoms with Crippen molar-refractivity contribution in [3.63, 3.8) is 0 Å². The SMILES string of the molecule is CCNc1nc(C2CC2)nc(NCC2(C3CC3)CC2)c1C. The van der Waals surface area contributed by atoms with E-state index in [9.17, 15) is 0 Å². The van der Waals surface area contributed by atoms with Gasteiger partial charge < -0.3 is 10.6 Å². The second-order valence-electron chi connectivity index (χ2n) is 7.20. The van der Waals surface area contributed by atoms with Gasteiger partial charge in [-0.2, -0.15) is 0 Å². The van der Waals surface area contributed by atoms with Crippen LogP contribution in [0.4, 0.5) is 11.6 Å². The maximum absolute atomic E-state index is 4.83. The van der Waals surface area contributed by atoms with Gasteiger partial charge in [0.15, 0.2) is 0 Å². The van der Waals surface area contributed by atoms with Crippen LogP contribution < -0.4 is 10.6 Å². The van der Waals surface area contributed by atoms with E-state index in [1.807, 2.05) is 0 Å². The number of anilines is 2. The highest BCUT2D eigenvalue weighted by Crippen LogP contribution is 2.61. The molecule has 4 rings (SSSR count). The van der Waals surface area contributed by atoms with Crippen molar-refractivity contribution in [2.75, 3.05) is 23.7 Å². The van der Waals surface area contributed by atoms with Gasteiger partial charge in [0.25, 0.3) is 0 Å². The third-order valence-corrected chi connectivity index (χ3v) is 5.39. The molecule has 0 spiro atoms. The molecule has 4 heteroatoms. The summed E-state index contributed by atoms with van der Waals surface area (Å²) in [5.74, 6) is 4.71. The molecule has 4 nitrogen and oxygen atoms in total. The lowest BCUT2D eigenvalue weighted by Gasteiger charge is -2.18. The van der Waals surface area contributed by atoms with Gasteiger partial charge >= 0.3 is 0 Å². The van der Waals surface area contributed by atoms with Gasteiger partial charge in [-0.1, -0.05) is 0 Å². The van der Waals surface area contributed by atoms with Crippen LogP contribution in [0.3, 0.4) is 0 Å². The normalized spacial score (nSPS) is 23.0. The Morgan fingerprint density at radius 3 is 2.24 bits per heavy atom. The maximum atomic E-state index is 4.83. The molecular formula is C17H26N4. The predicted molar refractivity (Wildman–Crippen MR) is 85.8 cm³/mol. The van der Waals surface area contributed by atoms with Crippen LogP contribution in [0, 0.1) is 18.3 Å². The van der Waals surface area contributed by atoms with Crippen molar-refractivity contribution in [2.45, 2.75) is 58.3 Å². The fraction of sp³-hybridized carbons (Fsp3) is 0.765. The lowest BCUT2D eigenvalue weighted by molar-refractivity contribution is 0.466. The molecule has 0 saturated heterocycles. The molecule has 3 saturated carbocycles. The number of rotatable bonds is 7. The van der Waals surface area contributed by atoms with E-state index in [2.05, 4.69) is 24.5 Å². The first kappa shape index (κ1) is 13.4. The highest BCUT2D eigenvalue weighted by Gasteiger charge is 2.53. The van der Waals surface area contributed by atoms with Crippen LogP contribution in [0.5, 0.6) is 0 Å². The largest absolute Gasteiger partial charge is 0.370 e. The molecule has 3 fully saturated rings. The quantitative estimate of drug-likeness (QED) is 0.802. The summed E-state index contributed by atoms with van der Waals surface area (Å²) >= 11 is 0. The van der Waals surface area contributed by atoms with Gasteiger partial charge in [0.2, 0.25) is 0 Å². The van der Waals surface area contributed by atoms with Crippen molar-refractivity contribution in [3.05, 3.63) is 11.4 Å². The van der Waals surface area contributed by atoms with Crippen molar-refractivity contribution in [3.8, 4) is 0 Å². The molecule has 1 heterocycles. The Kier molecular flexibility index (Phi) is 3.09. The van der Waals surface area contributed by atoms with Crippen molar-refractivity contribution >= 4 is 11.6 Å². The molecule has 1 aromatic rings. The summed E-state index contributed by atoms with van der Waals surface area (Å²) in [6.45, 7) is 6.27. The minimum atomic E-state index is 0.599. The molecule has 2 N–H and O–H groups in total. The lowest BCUT2D eigenvalue weighted by atomic mass is 10.0. The van der Waals surface area contributed by atoms with Gasteiger partial charge in [-0.15, -0.1) is 0 Å². The number of hydrogen-bond acceptors (Lipinski definition) is 4. The summed E-state index contributed by atoms with van der Waals surface area (Å²) in [6, 6.07) is 0. The van der Waals surface area contributed by atoms with E-state index < -0.39 is 0 Å². The number of nitrogens with zero attached hydrogens (tertiary/aromatic N) is 2. The van der Waals surface area contributed by atoms with Gasteiger partial charge in [-0.05, 0) is 63.7 Å². The smallest absolute Gasteiger partial charge is 0.136 e. The average molecular weight is 286 g/mol. The average Bonchev–Trinajstić information content (AvgIpc) is 3.33. The summed E-state index contributed by atoms with van der Waals surface area (Å²) in [5.41, 5.74) is 1.78. The predicted octanol–water partition coefficient (Wildman–Crippen LogP) is 3.70. The first-order chi connectivity index (χ1) is 10.2. The zero-order valence-electron chi connectivity index (χ0n) is 13.2. The Morgan fingerprint density at radius 2 is 1.71 bits per heavy atom. The van der Waals surface area contributed by atoms with Gasteiger partial charge in [-0.3, -0.25) is 0 Å². The van der Waals surface area contributed by atoms with E-state index in [1.165, 1.54) is 44.1 Å². The van der Waals surface area contributed by atoms with Crippen LogP contribution in [-0.4, -0.2) is 23.1 Å². The highest BCUT2D eigenvalue weighted by atomic mass is 15.1. The minimum Gasteiger partial charge on any atom is -0.370 e. The van der Waals surface area contributed by atoms with Gasteiger partial charge in [-0.25, -0.2) is 9.97 Å². The van der Waals surface area contributed by atoms with Crippen LogP contribution in [0.1, 0.15) is 62.8 Å². The molecule has 0 aliphatic heterocycles. The fourth-order valence-corrected chi connectivity index (χ4v) is 3.42. The van der Waals surface area contributed by atoms with Gasteiger partial charge in [0.05, 0.1) is 0 Å². The van der Waals surface area contributed by atoms with E-state index in [4.69, 9.17) is 9.97 Å². The third-order valence-electron chi connectivity index (χ3n) is 5.39. The molecule has 0 atom stereocenters. The second kappa shape index (κ2) is 4.85. The summed E-state index contributed by atoms with van der Waals surface area (Å²) in [5, 5.41) is 7.06. The molecule has 1 aromatic heterocycles. The maximum Gasteiger partial charge on any atom is 0.136 e. The van der Waals surface area contributed by atoms with E-state index >= 15 is 0 Å². The molecule has 21 heavy (non-hydrogen) atoms. The molecule has 0 bridgehead atoms. The second-order valence-corrected chi connectivity index (χ2v) is 7.20. The standard InChI is InChI=1S/C17H26N4/c1-3-18-14-11(2)15(21-16(20-14)12-4-5-12)19-10-17(8-9-17)13-6-7-13/h12-13H,3-10H2,1-2H3,(H2,18,19,20,21).